The lowest BCUT2D eigenvalue weighted by molar-refractivity contribution is 0.0374. The normalized spacial score (nSPS) is 16.6. The number of hydrogen-bond donors (Lipinski definition) is 0. The molecule has 0 spiro atoms. The number of cyclic esters (lactones) is 4. The van der Waals surface area contributed by atoms with E-state index in [-0.39, 0.29) is 20.9 Å². The standard InChI is InChI=1S/C12H2O6S/c13-9-3-1-2-4-6-5(3)7(11(15)17-9)19-8(6)12(16)18-10(4)14/h1-2H. The Labute approximate surface area is 108 Å². The third kappa shape index (κ3) is 1.10. The third-order valence-corrected chi connectivity index (χ3v) is 4.19. The fraction of sp³-hybridized carbons (Fsp3) is 0. The van der Waals surface area contributed by atoms with Crippen molar-refractivity contribution >= 4 is 46.0 Å². The van der Waals surface area contributed by atoms with Crippen molar-refractivity contribution in [3.05, 3.63) is 33.0 Å². The summed E-state index contributed by atoms with van der Waals surface area (Å²) in [6, 6.07) is 2.78. The highest BCUT2D eigenvalue weighted by Gasteiger charge is 2.38. The highest BCUT2D eigenvalue weighted by molar-refractivity contribution is 7.18. The van der Waals surface area contributed by atoms with Gasteiger partial charge in [-0.25, -0.2) is 19.2 Å². The molecule has 0 amide bonds. The Morgan fingerprint density at radius 3 is 1.53 bits per heavy atom. The quantitative estimate of drug-likeness (QED) is 0.534. The SMILES string of the molecule is O=C1OC(=O)c2sc3c4c(ccc1c24)C(=O)OC3=O. The van der Waals surface area contributed by atoms with Crippen molar-refractivity contribution in [3.63, 3.8) is 0 Å². The summed E-state index contributed by atoms with van der Waals surface area (Å²) in [5.41, 5.74) is 0.358. The van der Waals surface area contributed by atoms with E-state index in [0.717, 1.165) is 11.3 Å². The molecule has 2 aliphatic rings. The van der Waals surface area contributed by atoms with Gasteiger partial charge in [0.1, 0.15) is 9.75 Å². The third-order valence-electron chi connectivity index (χ3n) is 3.04. The van der Waals surface area contributed by atoms with E-state index in [1.807, 2.05) is 0 Å². The molecule has 0 radical (unpaired) electrons. The van der Waals surface area contributed by atoms with Crippen LogP contribution in [0.5, 0.6) is 0 Å². The lowest BCUT2D eigenvalue weighted by Crippen LogP contribution is -2.20. The van der Waals surface area contributed by atoms with Gasteiger partial charge in [0.15, 0.2) is 0 Å². The number of benzene rings is 1. The molecule has 6 nitrogen and oxygen atoms in total. The summed E-state index contributed by atoms with van der Waals surface area (Å²) in [5.74, 6) is -3.17. The number of thiophene rings is 1. The van der Waals surface area contributed by atoms with Crippen molar-refractivity contribution in [2.75, 3.05) is 0 Å². The van der Waals surface area contributed by atoms with Crippen LogP contribution in [-0.4, -0.2) is 23.9 Å². The minimum Gasteiger partial charge on any atom is -0.385 e. The van der Waals surface area contributed by atoms with Crippen LogP contribution < -0.4 is 0 Å². The molecule has 1 aromatic carbocycles. The van der Waals surface area contributed by atoms with Crippen molar-refractivity contribution in [1.82, 2.24) is 0 Å². The zero-order valence-corrected chi connectivity index (χ0v) is 9.83. The molecule has 19 heavy (non-hydrogen) atoms. The fourth-order valence-corrected chi connectivity index (χ4v) is 3.36. The molecule has 2 aliphatic heterocycles. The highest BCUT2D eigenvalue weighted by Crippen LogP contribution is 2.41. The average molecular weight is 274 g/mol. The lowest BCUT2D eigenvalue weighted by Gasteiger charge is -2.14. The molecule has 2 aromatic rings. The number of carbonyl (C=O) groups excluding carboxylic acids is 4. The van der Waals surface area contributed by atoms with Crippen molar-refractivity contribution in [3.8, 4) is 0 Å². The second kappa shape index (κ2) is 3.07. The molecular formula is C12H2O6S. The minimum absolute atomic E-state index is 0.146. The average Bonchev–Trinajstić information content (AvgIpc) is 2.76. The van der Waals surface area contributed by atoms with Gasteiger partial charge in [0.25, 0.3) is 0 Å². The van der Waals surface area contributed by atoms with E-state index in [4.69, 9.17) is 0 Å². The molecule has 0 unspecified atom stereocenters. The summed E-state index contributed by atoms with van der Waals surface area (Å²) in [7, 11) is 0. The number of hydrogen-bond acceptors (Lipinski definition) is 7. The Bertz CT molecular complexity index is 776. The molecular weight excluding hydrogens is 272 g/mol. The molecule has 0 saturated carbocycles. The van der Waals surface area contributed by atoms with Gasteiger partial charge in [0.2, 0.25) is 0 Å². The predicted molar refractivity (Wildman–Crippen MR) is 61.3 cm³/mol. The van der Waals surface area contributed by atoms with Gasteiger partial charge in [-0.3, -0.25) is 0 Å². The molecule has 0 saturated heterocycles. The summed E-state index contributed by atoms with van der Waals surface area (Å²) < 4.78 is 9.16. The Morgan fingerprint density at radius 1 is 0.684 bits per heavy atom. The second-order valence-corrected chi connectivity index (χ2v) is 5.05. The maximum absolute atomic E-state index is 11.7. The van der Waals surface area contributed by atoms with Gasteiger partial charge < -0.3 is 9.47 Å². The van der Waals surface area contributed by atoms with Gasteiger partial charge >= 0.3 is 23.9 Å². The number of esters is 4. The molecule has 0 bridgehead atoms. The van der Waals surface area contributed by atoms with E-state index >= 15 is 0 Å². The van der Waals surface area contributed by atoms with Gasteiger partial charge in [-0.1, -0.05) is 0 Å². The summed E-state index contributed by atoms with van der Waals surface area (Å²) in [6.45, 7) is 0. The predicted octanol–water partition coefficient (Wildman–Crippen LogP) is 1.52. The first kappa shape index (κ1) is 10.4. The maximum Gasteiger partial charge on any atom is 0.356 e. The van der Waals surface area contributed by atoms with E-state index in [2.05, 4.69) is 9.47 Å². The van der Waals surface area contributed by atoms with E-state index in [0.29, 0.717) is 10.8 Å². The Morgan fingerprint density at radius 2 is 1.11 bits per heavy atom. The first-order chi connectivity index (χ1) is 9.08. The van der Waals surface area contributed by atoms with Crippen LogP contribution in [0.1, 0.15) is 40.1 Å². The first-order valence-corrected chi connectivity index (χ1v) is 6.02. The van der Waals surface area contributed by atoms with Crippen LogP contribution in [-0.2, 0) is 9.47 Å². The summed E-state index contributed by atoms with van der Waals surface area (Å²) >= 11 is 0.870. The summed E-state index contributed by atoms with van der Waals surface area (Å²) in [4.78, 5) is 46.9. The highest BCUT2D eigenvalue weighted by atomic mass is 32.1. The molecule has 92 valence electrons. The molecule has 1 aromatic heterocycles. The van der Waals surface area contributed by atoms with Crippen LogP contribution >= 0.6 is 11.3 Å². The van der Waals surface area contributed by atoms with Crippen molar-refractivity contribution in [1.29, 1.82) is 0 Å². The molecule has 3 heterocycles. The van der Waals surface area contributed by atoms with Crippen molar-refractivity contribution in [2.45, 2.75) is 0 Å². The smallest absolute Gasteiger partial charge is 0.356 e. The Kier molecular flexibility index (Phi) is 1.68. The Balaban J connectivity index is 2.28. The van der Waals surface area contributed by atoms with Gasteiger partial charge in [-0.2, -0.15) is 0 Å². The van der Waals surface area contributed by atoms with Gasteiger partial charge in [0.05, 0.1) is 11.1 Å². The topological polar surface area (TPSA) is 86.7 Å². The summed E-state index contributed by atoms with van der Waals surface area (Å²) in [6.07, 6.45) is 0. The zero-order valence-electron chi connectivity index (χ0n) is 9.01. The van der Waals surface area contributed by atoms with E-state index in [9.17, 15) is 19.2 Å². The van der Waals surface area contributed by atoms with Crippen LogP contribution in [0, 0.1) is 0 Å². The van der Waals surface area contributed by atoms with Crippen molar-refractivity contribution < 1.29 is 28.7 Å². The summed E-state index contributed by atoms with van der Waals surface area (Å²) in [5, 5.41) is 0.618. The maximum atomic E-state index is 11.7. The van der Waals surface area contributed by atoms with Crippen LogP contribution in [0.3, 0.4) is 0 Å². The Hall–Kier alpha value is -2.54. The number of carbonyl (C=O) groups is 4. The van der Waals surface area contributed by atoms with E-state index < -0.39 is 23.9 Å². The second-order valence-electron chi connectivity index (χ2n) is 4.02. The molecule has 0 fully saturated rings. The van der Waals surface area contributed by atoms with Gasteiger partial charge in [-0.15, -0.1) is 11.3 Å². The van der Waals surface area contributed by atoms with Gasteiger partial charge in [-0.05, 0) is 12.1 Å². The van der Waals surface area contributed by atoms with E-state index in [1.165, 1.54) is 12.1 Å². The van der Waals surface area contributed by atoms with E-state index in [1.54, 1.807) is 0 Å². The molecule has 7 heteroatoms. The minimum atomic E-state index is -0.807. The molecule has 0 atom stereocenters. The monoisotopic (exact) mass is 274 g/mol. The van der Waals surface area contributed by atoms with Gasteiger partial charge in [0, 0.05) is 10.8 Å². The van der Waals surface area contributed by atoms with Crippen LogP contribution in [0.2, 0.25) is 0 Å². The first-order valence-electron chi connectivity index (χ1n) is 5.20. The van der Waals surface area contributed by atoms with Crippen molar-refractivity contribution in [2.24, 2.45) is 0 Å². The molecule has 4 rings (SSSR count). The van der Waals surface area contributed by atoms with Crippen LogP contribution in [0.25, 0.3) is 10.8 Å². The zero-order chi connectivity index (χ0) is 13.3. The largest absolute Gasteiger partial charge is 0.385 e. The lowest BCUT2D eigenvalue weighted by atomic mass is 9.97. The van der Waals surface area contributed by atoms with Crippen LogP contribution in [0.15, 0.2) is 12.1 Å². The fourth-order valence-electron chi connectivity index (χ4n) is 2.28. The molecule has 0 aliphatic carbocycles. The molecule has 0 N–H and O–H groups in total. The number of rotatable bonds is 0. The van der Waals surface area contributed by atoms with Crippen LogP contribution in [0.4, 0.5) is 0 Å². The number of ether oxygens (including phenoxy) is 2.